The quantitative estimate of drug-likeness (QED) is 0.589. The number of hydrogen-bond acceptors (Lipinski definition) is 5. The number of aromatic nitrogens is 3. The van der Waals surface area contributed by atoms with Crippen LogP contribution in [0.15, 0.2) is 41.7 Å². The molecule has 1 aliphatic heterocycles. The molecule has 1 radical (unpaired) electrons. The molecule has 0 spiro atoms. The Balaban J connectivity index is 1.82. The lowest BCUT2D eigenvalue weighted by Gasteiger charge is -2.03. The summed E-state index contributed by atoms with van der Waals surface area (Å²) < 4.78 is 1.74. The average molecular weight is 326 g/mol. The second-order valence-corrected chi connectivity index (χ2v) is 6.16. The molecule has 7 nitrogen and oxygen atoms in total. The van der Waals surface area contributed by atoms with Crippen LogP contribution in [0.4, 0.5) is 5.69 Å². The topological polar surface area (TPSA) is 89.1 Å². The lowest BCUT2D eigenvalue weighted by molar-refractivity contribution is -0.383. The number of H-pyrrole nitrogens is 1. The molecule has 8 heteroatoms. The van der Waals surface area contributed by atoms with Crippen LogP contribution in [0.3, 0.4) is 0 Å². The number of thioether (sulfide) groups is 1. The van der Waals surface area contributed by atoms with E-state index >= 15 is 0 Å². The van der Waals surface area contributed by atoms with Crippen molar-refractivity contribution in [3.05, 3.63) is 64.6 Å². The Morgan fingerprint density at radius 2 is 2.30 bits per heavy atom. The van der Waals surface area contributed by atoms with Crippen LogP contribution in [0.2, 0.25) is 0 Å². The van der Waals surface area contributed by atoms with Crippen LogP contribution in [0.25, 0.3) is 10.9 Å². The summed E-state index contributed by atoms with van der Waals surface area (Å²) in [6, 6.07) is 7.29. The fourth-order valence-electron chi connectivity index (χ4n) is 2.64. The first kappa shape index (κ1) is 14.0. The highest BCUT2D eigenvalue weighted by atomic mass is 32.2. The largest absolute Gasteiger partial charge is 0.347 e. The normalized spacial score (nSPS) is 14.3. The number of fused-ring (bicyclic) bond motifs is 1. The van der Waals surface area contributed by atoms with Crippen molar-refractivity contribution >= 4 is 33.4 Å². The van der Waals surface area contributed by atoms with Gasteiger partial charge < -0.3 is 4.98 Å². The van der Waals surface area contributed by atoms with E-state index in [1.807, 2.05) is 30.9 Å². The highest BCUT2D eigenvalue weighted by Crippen LogP contribution is 2.30. The van der Waals surface area contributed by atoms with Crippen molar-refractivity contribution in [2.45, 2.75) is 6.54 Å². The summed E-state index contributed by atoms with van der Waals surface area (Å²) in [5.41, 5.74) is 2.26. The molecule has 2 aromatic heterocycles. The molecule has 0 saturated heterocycles. The van der Waals surface area contributed by atoms with Crippen molar-refractivity contribution in [1.29, 1.82) is 0 Å². The average Bonchev–Trinajstić information content (AvgIpc) is 3.27. The van der Waals surface area contributed by atoms with Crippen molar-refractivity contribution in [3.63, 3.8) is 0 Å². The minimum Gasteiger partial charge on any atom is -0.347 e. The summed E-state index contributed by atoms with van der Waals surface area (Å²) in [5, 5.41) is 17.2. The zero-order chi connectivity index (χ0) is 15.8. The van der Waals surface area contributed by atoms with Gasteiger partial charge in [0.05, 0.1) is 23.7 Å². The summed E-state index contributed by atoms with van der Waals surface area (Å²) in [4.78, 5) is 18.5. The number of aromatic amines is 1. The first-order valence-corrected chi connectivity index (χ1v) is 7.99. The minimum absolute atomic E-state index is 0.0727. The third-order valence-corrected chi connectivity index (χ3v) is 4.52. The van der Waals surface area contributed by atoms with Crippen LogP contribution in [-0.4, -0.2) is 30.5 Å². The van der Waals surface area contributed by atoms with Gasteiger partial charge in [-0.1, -0.05) is 0 Å². The van der Waals surface area contributed by atoms with E-state index in [1.165, 1.54) is 0 Å². The van der Waals surface area contributed by atoms with Gasteiger partial charge in [0.2, 0.25) is 0 Å². The van der Waals surface area contributed by atoms with Gasteiger partial charge in [0.15, 0.2) is 0 Å². The van der Waals surface area contributed by atoms with Crippen LogP contribution >= 0.6 is 11.8 Å². The lowest BCUT2D eigenvalue weighted by atomic mass is 10.1. The number of nitro groups is 1. The van der Waals surface area contributed by atoms with Gasteiger partial charge in [-0.3, -0.25) is 19.8 Å². The third kappa shape index (κ3) is 2.61. The predicted octanol–water partition coefficient (Wildman–Crippen LogP) is 2.98. The lowest BCUT2D eigenvalue weighted by Crippen LogP contribution is -2.01. The van der Waals surface area contributed by atoms with Crippen molar-refractivity contribution in [1.82, 2.24) is 14.8 Å². The van der Waals surface area contributed by atoms with Gasteiger partial charge >= 0.3 is 0 Å². The summed E-state index contributed by atoms with van der Waals surface area (Å²) in [5.74, 6) is 0.831. The molecule has 1 aromatic carbocycles. The van der Waals surface area contributed by atoms with Gasteiger partial charge in [0.1, 0.15) is 10.6 Å². The number of nitrogens with one attached hydrogen (secondary N) is 1. The molecule has 0 bridgehead atoms. The molecule has 1 N–H and O–H groups in total. The Hall–Kier alpha value is -2.61. The molecule has 0 aliphatic carbocycles. The van der Waals surface area contributed by atoms with Gasteiger partial charge in [0.25, 0.3) is 5.69 Å². The molecule has 0 amide bonds. The fraction of sp³-hybridized carbons (Fsp3) is 0.133. The molecule has 3 aromatic rings. The van der Waals surface area contributed by atoms with Gasteiger partial charge in [0, 0.05) is 29.6 Å². The Bertz CT molecular complexity index is 913. The van der Waals surface area contributed by atoms with Gasteiger partial charge in [-0.05, 0) is 23.8 Å². The highest BCUT2D eigenvalue weighted by molar-refractivity contribution is 8.14. The minimum atomic E-state index is -0.356. The van der Waals surface area contributed by atoms with E-state index in [9.17, 15) is 10.1 Å². The summed E-state index contributed by atoms with van der Waals surface area (Å²) in [6.07, 6.45) is 3.52. The second kappa shape index (κ2) is 5.54. The number of nitrogens with zero attached hydrogens (tertiary/aromatic N) is 4. The number of rotatable bonds is 4. The van der Waals surface area contributed by atoms with Crippen LogP contribution in [0, 0.1) is 16.7 Å². The maximum Gasteiger partial charge on any atom is 0.293 e. The number of benzene rings is 1. The van der Waals surface area contributed by atoms with Crippen molar-refractivity contribution in [2.75, 3.05) is 5.75 Å². The molecule has 23 heavy (non-hydrogen) atoms. The number of hydrogen-bond donors (Lipinski definition) is 1. The van der Waals surface area contributed by atoms with Crippen molar-refractivity contribution in [2.24, 2.45) is 4.99 Å². The van der Waals surface area contributed by atoms with E-state index in [0.717, 1.165) is 27.4 Å². The summed E-state index contributed by atoms with van der Waals surface area (Å²) >= 11 is 1.61. The molecule has 0 unspecified atom stereocenters. The maximum absolute atomic E-state index is 11.4. The first-order chi connectivity index (χ1) is 11.2. The van der Waals surface area contributed by atoms with Gasteiger partial charge in [-0.25, -0.2) is 0 Å². The maximum atomic E-state index is 11.4. The molecule has 4 rings (SSSR count). The standard InChI is InChI=1S/C15H12N5O2S/c21-20(22)13-7-10(9-19-4-1-2-17-19)6-11-8-12(18-14(11)13)15-16-3-5-23-15/h1-4,6-8,18H,5,9H2. The third-order valence-electron chi connectivity index (χ3n) is 3.60. The van der Waals surface area contributed by atoms with E-state index in [4.69, 9.17) is 0 Å². The first-order valence-electron chi connectivity index (χ1n) is 7.01. The SMILES string of the molecule is O=[N+]([O-])c1cc(Cn2cccn2)cc2cc(C3=N[CH]CS3)[nH]c12. The Morgan fingerprint density at radius 1 is 1.39 bits per heavy atom. The summed E-state index contributed by atoms with van der Waals surface area (Å²) in [6.45, 7) is 2.33. The molecule has 1 aliphatic rings. The summed E-state index contributed by atoms with van der Waals surface area (Å²) in [7, 11) is 0. The number of non-ortho nitro benzene ring substituents is 1. The second-order valence-electron chi connectivity index (χ2n) is 5.15. The van der Waals surface area contributed by atoms with Crippen LogP contribution in [0.1, 0.15) is 11.3 Å². The molecule has 0 atom stereocenters. The van der Waals surface area contributed by atoms with Crippen LogP contribution < -0.4 is 0 Å². The highest BCUT2D eigenvalue weighted by Gasteiger charge is 2.19. The molecular weight excluding hydrogens is 314 g/mol. The Labute approximate surface area is 135 Å². The molecular formula is C15H12N5O2S. The zero-order valence-corrected chi connectivity index (χ0v) is 12.8. The van der Waals surface area contributed by atoms with Crippen molar-refractivity contribution < 1.29 is 4.92 Å². The Kier molecular flexibility index (Phi) is 3.38. The molecule has 0 saturated carbocycles. The van der Waals surface area contributed by atoms with E-state index in [2.05, 4.69) is 15.1 Å². The molecule has 0 fully saturated rings. The van der Waals surface area contributed by atoms with Gasteiger partial charge in [-0.2, -0.15) is 5.10 Å². The van der Waals surface area contributed by atoms with Gasteiger partial charge in [-0.15, -0.1) is 11.8 Å². The number of nitro benzene ring substituents is 1. The molecule has 115 valence electrons. The van der Waals surface area contributed by atoms with E-state index in [-0.39, 0.29) is 10.6 Å². The molecule has 3 heterocycles. The van der Waals surface area contributed by atoms with Crippen LogP contribution in [-0.2, 0) is 6.54 Å². The van der Waals surface area contributed by atoms with Crippen molar-refractivity contribution in [3.8, 4) is 0 Å². The zero-order valence-electron chi connectivity index (χ0n) is 12.0. The van der Waals surface area contributed by atoms with E-state index < -0.39 is 0 Å². The van der Waals surface area contributed by atoms with Crippen LogP contribution in [0.5, 0.6) is 0 Å². The van der Waals surface area contributed by atoms with E-state index in [1.54, 1.807) is 28.7 Å². The smallest absolute Gasteiger partial charge is 0.293 e. The number of aliphatic imine (C=N–C) groups is 1. The Morgan fingerprint density at radius 3 is 3.00 bits per heavy atom. The predicted molar refractivity (Wildman–Crippen MR) is 89.6 cm³/mol. The van der Waals surface area contributed by atoms with E-state index in [0.29, 0.717) is 12.1 Å². The monoisotopic (exact) mass is 326 g/mol. The fourth-order valence-corrected chi connectivity index (χ4v) is 3.36.